The normalized spacial score (nSPS) is 11.5. The molecule has 13 heteroatoms. The van der Waals surface area contributed by atoms with Gasteiger partial charge < -0.3 is 10.2 Å². The molecule has 0 spiro atoms. The second kappa shape index (κ2) is 7.93. The summed E-state index contributed by atoms with van der Waals surface area (Å²) < 4.78 is 59.1. The Labute approximate surface area is 181 Å². The molecule has 33 heavy (non-hydrogen) atoms. The molecular formula is C20H12F4N8O. The largest absolute Gasteiger partial charge is 0.415 e. The predicted octanol–water partition coefficient (Wildman–Crippen LogP) is 3.78. The highest BCUT2D eigenvalue weighted by atomic mass is 19.3. The average molecular weight is 456 g/mol. The number of alkyl halides is 2. The Morgan fingerprint density at radius 2 is 1.85 bits per heavy atom. The lowest BCUT2D eigenvalue weighted by atomic mass is 10.1. The van der Waals surface area contributed by atoms with Crippen molar-refractivity contribution in [1.29, 1.82) is 0 Å². The number of hydrogen-bond donors (Lipinski definition) is 1. The van der Waals surface area contributed by atoms with Crippen LogP contribution < -0.4 is 5.73 Å². The lowest BCUT2D eigenvalue weighted by molar-refractivity contribution is 0.116. The SMILES string of the molecule is Nc1cnc2ccc(-c3nnn(Cc4ccc(-c5nnc(C(F)F)o5)c(F)c4F)n3)cc2c1. The van der Waals surface area contributed by atoms with Gasteiger partial charge in [-0.2, -0.15) is 13.6 Å². The first-order valence-corrected chi connectivity index (χ1v) is 9.41. The molecule has 5 aromatic rings. The van der Waals surface area contributed by atoms with Crippen LogP contribution in [0.15, 0.2) is 47.0 Å². The summed E-state index contributed by atoms with van der Waals surface area (Å²) in [6.45, 7) is -0.232. The van der Waals surface area contributed by atoms with Crippen molar-refractivity contribution in [3.8, 4) is 22.8 Å². The number of anilines is 1. The van der Waals surface area contributed by atoms with Gasteiger partial charge in [0.05, 0.1) is 29.5 Å². The molecule has 3 aromatic heterocycles. The summed E-state index contributed by atoms with van der Waals surface area (Å²) in [6.07, 6.45) is -1.48. The van der Waals surface area contributed by atoms with E-state index in [1.54, 1.807) is 30.5 Å². The molecule has 0 saturated heterocycles. The van der Waals surface area contributed by atoms with Crippen molar-refractivity contribution in [1.82, 2.24) is 35.4 Å². The molecule has 0 aliphatic rings. The third-order valence-electron chi connectivity index (χ3n) is 4.75. The zero-order valence-electron chi connectivity index (χ0n) is 16.5. The number of nitrogens with two attached hydrogens (primary N) is 1. The average Bonchev–Trinajstić information content (AvgIpc) is 3.47. The van der Waals surface area contributed by atoms with E-state index in [4.69, 9.17) is 5.73 Å². The van der Waals surface area contributed by atoms with Crippen LogP contribution in [0.2, 0.25) is 0 Å². The maximum atomic E-state index is 14.6. The number of rotatable bonds is 5. The van der Waals surface area contributed by atoms with Crippen molar-refractivity contribution in [3.63, 3.8) is 0 Å². The van der Waals surface area contributed by atoms with E-state index >= 15 is 0 Å². The van der Waals surface area contributed by atoms with Crippen molar-refractivity contribution < 1.29 is 22.0 Å². The molecule has 166 valence electrons. The van der Waals surface area contributed by atoms with Crippen molar-refractivity contribution >= 4 is 16.6 Å². The Morgan fingerprint density at radius 1 is 1.00 bits per heavy atom. The third kappa shape index (κ3) is 3.84. The van der Waals surface area contributed by atoms with Crippen LogP contribution in [0.1, 0.15) is 17.9 Å². The smallest absolute Gasteiger partial charge is 0.314 e. The zero-order chi connectivity index (χ0) is 23.1. The summed E-state index contributed by atoms with van der Waals surface area (Å²) in [5, 5.41) is 19.3. The first kappa shape index (κ1) is 20.5. The van der Waals surface area contributed by atoms with E-state index in [9.17, 15) is 17.6 Å². The van der Waals surface area contributed by atoms with Crippen molar-refractivity contribution in [3.05, 3.63) is 65.7 Å². The van der Waals surface area contributed by atoms with Gasteiger partial charge in [0.15, 0.2) is 11.6 Å². The van der Waals surface area contributed by atoms with Gasteiger partial charge in [-0.1, -0.05) is 6.07 Å². The van der Waals surface area contributed by atoms with E-state index in [2.05, 4.69) is 35.0 Å². The number of hydrogen-bond acceptors (Lipinski definition) is 8. The molecule has 0 amide bonds. The minimum Gasteiger partial charge on any atom is -0.415 e. The van der Waals surface area contributed by atoms with Crippen LogP contribution in [-0.2, 0) is 6.54 Å². The monoisotopic (exact) mass is 456 g/mol. The Bertz CT molecular complexity index is 1480. The van der Waals surface area contributed by atoms with Gasteiger partial charge >= 0.3 is 6.43 Å². The van der Waals surface area contributed by atoms with Gasteiger partial charge in [0.2, 0.25) is 5.82 Å². The maximum Gasteiger partial charge on any atom is 0.314 e. The number of aromatic nitrogens is 7. The van der Waals surface area contributed by atoms with Crippen molar-refractivity contribution in [2.45, 2.75) is 13.0 Å². The second-order valence-electron chi connectivity index (χ2n) is 6.97. The fourth-order valence-electron chi connectivity index (χ4n) is 3.17. The summed E-state index contributed by atoms with van der Waals surface area (Å²) >= 11 is 0. The molecule has 9 nitrogen and oxygen atoms in total. The van der Waals surface area contributed by atoms with Crippen LogP contribution in [0.5, 0.6) is 0 Å². The van der Waals surface area contributed by atoms with Crippen LogP contribution in [-0.4, -0.2) is 35.4 Å². The van der Waals surface area contributed by atoms with Crippen molar-refractivity contribution in [2.24, 2.45) is 0 Å². The first-order valence-electron chi connectivity index (χ1n) is 9.41. The number of tetrazole rings is 1. The number of fused-ring (bicyclic) bond motifs is 1. The summed E-state index contributed by atoms with van der Waals surface area (Å²) in [4.78, 5) is 5.31. The molecule has 5 rings (SSSR count). The lowest BCUT2D eigenvalue weighted by Crippen LogP contribution is -2.07. The van der Waals surface area contributed by atoms with E-state index < -0.39 is 35.4 Å². The highest BCUT2D eigenvalue weighted by Crippen LogP contribution is 2.28. The maximum absolute atomic E-state index is 14.6. The first-order chi connectivity index (χ1) is 15.9. The molecule has 2 N–H and O–H groups in total. The highest BCUT2D eigenvalue weighted by molar-refractivity contribution is 5.85. The summed E-state index contributed by atoms with van der Waals surface area (Å²) in [6, 6.07) is 9.45. The predicted molar refractivity (Wildman–Crippen MR) is 107 cm³/mol. The van der Waals surface area contributed by atoms with E-state index in [0.29, 0.717) is 11.3 Å². The molecule has 0 bridgehead atoms. The summed E-state index contributed by atoms with van der Waals surface area (Å²) in [5.41, 5.74) is 7.11. The molecule has 0 atom stereocenters. The van der Waals surface area contributed by atoms with E-state index in [1.807, 2.05) is 0 Å². The molecule has 0 unspecified atom stereocenters. The summed E-state index contributed by atoms with van der Waals surface area (Å²) in [5.74, 6) is -3.82. The van der Waals surface area contributed by atoms with E-state index in [1.165, 1.54) is 6.07 Å². The van der Waals surface area contributed by atoms with E-state index in [0.717, 1.165) is 21.8 Å². The Kier molecular flexibility index (Phi) is 4.92. The fraction of sp³-hybridized carbons (Fsp3) is 0.100. The van der Waals surface area contributed by atoms with Crippen LogP contribution >= 0.6 is 0 Å². The van der Waals surface area contributed by atoms with Crippen LogP contribution in [0.3, 0.4) is 0 Å². The van der Waals surface area contributed by atoms with Gasteiger partial charge in [0, 0.05) is 16.5 Å². The molecule has 0 aliphatic heterocycles. The molecule has 2 aromatic carbocycles. The van der Waals surface area contributed by atoms with Gasteiger partial charge in [-0.15, -0.1) is 20.4 Å². The molecular weight excluding hydrogens is 444 g/mol. The van der Waals surface area contributed by atoms with Gasteiger partial charge in [0.1, 0.15) is 0 Å². The number of benzene rings is 2. The molecule has 3 heterocycles. The molecule has 0 fully saturated rings. The van der Waals surface area contributed by atoms with Crippen molar-refractivity contribution in [2.75, 3.05) is 5.73 Å². The molecule has 0 saturated carbocycles. The summed E-state index contributed by atoms with van der Waals surface area (Å²) in [7, 11) is 0. The van der Waals surface area contributed by atoms with Gasteiger partial charge in [0.25, 0.3) is 11.8 Å². The van der Waals surface area contributed by atoms with E-state index in [-0.39, 0.29) is 17.9 Å². The topological polar surface area (TPSA) is 121 Å². The third-order valence-corrected chi connectivity index (χ3v) is 4.75. The minimum atomic E-state index is -3.03. The minimum absolute atomic E-state index is 0.0933. The van der Waals surface area contributed by atoms with Gasteiger partial charge in [-0.25, -0.2) is 8.78 Å². The number of nitrogens with zero attached hydrogens (tertiary/aromatic N) is 7. The Balaban J connectivity index is 1.40. The van der Waals surface area contributed by atoms with Crippen LogP contribution in [0.25, 0.3) is 33.7 Å². The number of halogens is 4. The number of nitrogen functional groups attached to an aromatic ring is 1. The quantitative estimate of drug-likeness (QED) is 0.397. The van der Waals surface area contributed by atoms with Crippen LogP contribution in [0, 0.1) is 11.6 Å². The van der Waals surface area contributed by atoms with Crippen LogP contribution in [0.4, 0.5) is 23.2 Å². The van der Waals surface area contributed by atoms with Gasteiger partial charge in [-0.05, 0) is 35.5 Å². The molecule has 0 radical (unpaired) electrons. The highest BCUT2D eigenvalue weighted by Gasteiger charge is 2.22. The number of pyridine rings is 1. The Hall–Kier alpha value is -4.42. The zero-order valence-corrected chi connectivity index (χ0v) is 16.5. The van der Waals surface area contributed by atoms with Gasteiger partial charge in [-0.3, -0.25) is 4.98 Å². The Morgan fingerprint density at radius 3 is 2.64 bits per heavy atom. The fourth-order valence-corrected chi connectivity index (χ4v) is 3.17. The standard InChI is InChI=1S/C20H12F4N8O/c21-15-10(1-3-13(16(15)22)19-28-29-20(33-19)17(23)24)8-32-30-18(27-31-32)9-2-4-14-11(5-9)6-12(25)7-26-14/h1-7,17H,8,25H2. The molecule has 0 aliphatic carbocycles. The second-order valence-corrected chi connectivity index (χ2v) is 6.97. The lowest BCUT2D eigenvalue weighted by Gasteiger charge is -2.05.